The highest BCUT2D eigenvalue weighted by Crippen LogP contribution is 2.62. The van der Waals surface area contributed by atoms with Crippen molar-refractivity contribution in [3.63, 3.8) is 0 Å². The Morgan fingerprint density at radius 1 is 1.00 bits per heavy atom. The third kappa shape index (κ3) is 4.88. The summed E-state index contributed by atoms with van der Waals surface area (Å²) in [6, 6.07) is 0. The lowest BCUT2D eigenvalue weighted by molar-refractivity contribution is -0.322. The number of alkyl halides is 2. The lowest BCUT2D eigenvalue weighted by atomic mass is 9.50. The molecule has 12 atom stereocenters. The molecule has 1 aliphatic carbocycles. The number of carbonyl (C=O) groups excluding carboxylic acids is 5. The number of halogens is 2. The molecule has 0 amide bonds. The highest BCUT2D eigenvalue weighted by Gasteiger charge is 2.78. The Bertz CT molecular complexity index is 1190. The summed E-state index contributed by atoms with van der Waals surface area (Å²) >= 11 is 13.3. The van der Waals surface area contributed by atoms with Crippen LogP contribution in [0.2, 0.25) is 0 Å². The molecule has 0 radical (unpaired) electrons. The highest BCUT2D eigenvalue weighted by atomic mass is 35.5. The van der Waals surface area contributed by atoms with E-state index in [1.54, 1.807) is 6.92 Å². The van der Waals surface area contributed by atoms with Crippen molar-refractivity contribution in [1.82, 2.24) is 0 Å². The van der Waals surface area contributed by atoms with Crippen LogP contribution in [0.1, 0.15) is 54.4 Å². The Morgan fingerprint density at radius 2 is 1.55 bits per heavy atom. The van der Waals surface area contributed by atoms with Crippen molar-refractivity contribution in [2.24, 2.45) is 17.3 Å². The van der Waals surface area contributed by atoms with Gasteiger partial charge in [-0.05, 0) is 25.3 Å². The molecular formula is C28H36Cl2O12. The van der Waals surface area contributed by atoms with Gasteiger partial charge in [-0.1, -0.05) is 13.5 Å². The van der Waals surface area contributed by atoms with E-state index in [1.165, 1.54) is 13.8 Å². The van der Waals surface area contributed by atoms with E-state index in [0.29, 0.717) is 0 Å². The number of aliphatic hydroxyl groups is 1. The number of hydrogen-bond donors (Lipinski definition) is 1. The molecular weight excluding hydrogens is 599 g/mol. The van der Waals surface area contributed by atoms with Gasteiger partial charge in [-0.25, -0.2) is 0 Å². The first-order valence-electron chi connectivity index (χ1n) is 13.6. The largest absolute Gasteiger partial charge is 0.462 e. The molecule has 0 aromatic carbocycles. The minimum Gasteiger partial charge on any atom is -0.462 e. The molecule has 4 fully saturated rings. The Labute approximate surface area is 253 Å². The van der Waals surface area contributed by atoms with Gasteiger partial charge in [0.1, 0.15) is 18.3 Å². The topological polar surface area (TPSA) is 161 Å². The number of carbonyl (C=O) groups is 5. The van der Waals surface area contributed by atoms with Crippen LogP contribution in [0.3, 0.4) is 0 Å². The van der Waals surface area contributed by atoms with Crippen LogP contribution in [0.5, 0.6) is 0 Å². The van der Waals surface area contributed by atoms with Crippen LogP contribution in [0.15, 0.2) is 12.2 Å². The number of hydrogen-bond acceptors (Lipinski definition) is 12. The van der Waals surface area contributed by atoms with Gasteiger partial charge >= 0.3 is 29.8 Å². The molecule has 4 aliphatic rings. The Morgan fingerprint density at radius 3 is 2.07 bits per heavy atom. The monoisotopic (exact) mass is 634 g/mol. The van der Waals surface area contributed by atoms with Gasteiger partial charge in [0.05, 0.1) is 28.2 Å². The van der Waals surface area contributed by atoms with Gasteiger partial charge in [0.2, 0.25) is 0 Å². The second-order valence-corrected chi connectivity index (χ2v) is 12.5. The standard InChI is InChI=1S/C28H36Cl2O12/c1-11-18(30)22-28(12(2)25(35)41-22)24(40-16(6)34)21-26(7,17(37-13(3)31)8-9-27(21,36)10-29)23(39-15(5)33)20(19(11)42-28)38-14(4)32/h12,17-24,36H,1,8-10H2,2-7H3/t12-,17-,18-,19+,20+,21+,22-,23-,24-,26-,27-,28-/m0/s1. The predicted molar refractivity (Wildman–Crippen MR) is 144 cm³/mol. The second-order valence-electron chi connectivity index (χ2n) is 11.8. The summed E-state index contributed by atoms with van der Waals surface area (Å²) in [6.45, 7) is 11.7. The molecule has 14 heteroatoms. The smallest absolute Gasteiger partial charge is 0.312 e. The van der Waals surface area contributed by atoms with E-state index >= 15 is 0 Å². The molecule has 0 aromatic rings. The predicted octanol–water partition coefficient (Wildman–Crippen LogP) is 1.98. The number of rotatable bonds is 5. The third-order valence-corrected chi connectivity index (χ3v) is 10.2. The average Bonchev–Trinajstić information content (AvgIpc) is 3.14. The normalized spacial score (nSPS) is 44.4. The molecule has 12 nitrogen and oxygen atoms in total. The number of fused-ring (bicyclic) bond motifs is 2. The zero-order valence-corrected chi connectivity index (χ0v) is 25.7. The van der Waals surface area contributed by atoms with Crippen molar-refractivity contribution in [2.45, 2.75) is 108 Å². The van der Waals surface area contributed by atoms with Crippen molar-refractivity contribution in [3.8, 4) is 0 Å². The molecule has 2 bridgehead atoms. The van der Waals surface area contributed by atoms with Crippen LogP contribution >= 0.6 is 23.2 Å². The van der Waals surface area contributed by atoms with Crippen molar-refractivity contribution in [1.29, 1.82) is 0 Å². The fourth-order valence-corrected chi connectivity index (χ4v) is 8.21. The molecule has 0 unspecified atom stereocenters. The van der Waals surface area contributed by atoms with Crippen LogP contribution < -0.4 is 0 Å². The molecule has 3 heterocycles. The SMILES string of the molecule is C=C1[C@H]2O[C@]3([C@@H](C)C(=O)O[C@H]3[C@H]1Cl)[C@@H](OC(C)=O)[C@H]1[C@@](O)(CCl)CC[C@H](OC(C)=O)[C@]1(C)[C@@H](OC(C)=O)[C@@H]2OC(C)=O. The zero-order chi connectivity index (χ0) is 31.5. The van der Waals surface area contributed by atoms with Gasteiger partial charge in [0.25, 0.3) is 0 Å². The van der Waals surface area contributed by atoms with E-state index in [4.69, 9.17) is 51.6 Å². The maximum absolute atomic E-state index is 13.2. The van der Waals surface area contributed by atoms with Gasteiger partial charge in [0, 0.05) is 33.6 Å². The van der Waals surface area contributed by atoms with Gasteiger partial charge in [-0.2, -0.15) is 0 Å². The van der Waals surface area contributed by atoms with E-state index in [9.17, 15) is 29.1 Å². The van der Waals surface area contributed by atoms with Crippen molar-refractivity contribution >= 4 is 53.0 Å². The van der Waals surface area contributed by atoms with Crippen LogP contribution in [0.4, 0.5) is 0 Å². The lowest BCUT2D eigenvalue weighted by Gasteiger charge is -2.64. The molecule has 3 aliphatic heterocycles. The molecule has 0 aromatic heterocycles. The van der Waals surface area contributed by atoms with Crippen LogP contribution in [-0.2, 0) is 52.4 Å². The number of ether oxygens (including phenoxy) is 6. The van der Waals surface area contributed by atoms with Crippen LogP contribution in [-0.4, -0.2) is 94.0 Å². The lowest BCUT2D eigenvalue weighted by Crippen LogP contribution is -2.78. The van der Waals surface area contributed by atoms with Crippen LogP contribution in [0, 0.1) is 17.3 Å². The van der Waals surface area contributed by atoms with E-state index in [-0.39, 0.29) is 18.4 Å². The maximum Gasteiger partial charge on any atom is 0.312 e. The minimum atomic E-state index is -1.89. The quantitative estimate of drug-likeness (QED) is 0.203. The number of esters is 5. The van der Waals surface area contributed by atoms with Gasteiger partial charge < -0.3 is 33.5 Å². The summed E-state index contributed by atoms with van der Waals surface area (Å²) in [7, 11) is 0. The summed E-state index contributed by atoms with van der Waals surface area (Å²) in [4.78, 5) is 63.7. The Hall–Kier alpha value is -2.41. The van der Waals surface area contributed by atoms with Crippen molar-refractivity contribution in [2.75, 3.05) is 5.88 Å². The summed E-state index contributed by atoms with van der Waals surface area (Å²) in [5, 5.41) is 11.1. The molecule has 1 spiro atoms. The molecule has 1 N–H and O–H groups in total. The van der Waals surface area contributed by atoms with E-state index in [0.717, 1.165) is 20.8 Å². The summed E-state index contributed by atoms with van der Waals surface area (Å²) in [5.41, 5.74) is -5.29. The van der Waals surface area contributed by atoms with E-state index in [1.807, 2.05) is 0 Å². The Kier molecular flexibility index (Phi) is 8.71. The molecule has 42 heavy (non-hydrogen) atoms. The first-order chi connectivity index (χ1) is 19.4. The van der Waals surface area contributed by atoms with Crippen molar-refractivity contribution in [3.05, 3.63) is 12.2 Å². The fourth-order valence-electron chi connectivity index (χ4n) is 7.54. The van der Waals surface area contributed by atoms with Gasteiger partial charge in [-0.15, -0.1) is 23.2 Å². The average molecular weight is 635 g/mol. The minimum absolute atomic E-state index is 0.0408. The summed E-state index contributed by atoms with van der Waals surface area (Å²) in [5.74, 6) is -6.69. The fraction of sp³-hybridized carbons (Fsp3) is 0.750. The molecule has 3 saturated heterocycles. The summed E-state index contributed by atoms with van der Waals surface area (Å²) in [6.07, 6.45) is -8.19. The molecule has 234 valence electrons. The first-order valence-corrected chi connectivity index (χ1v) is 14.6. The maximum atomic E-state index is 13.2. The van der Waals surface area contributed by atoms with Gasteiger partial charge in [0.15, 0.2) is 23.9 Å². The Balaban J connectivity index is 2.16. The van der Waals surface area contributed by atoms with Crippen molar-refractivity contribution < 1.29 is 57.5 Å². The van der Waals surface area contributed by atoms with Gasteiger partial charge in [-0.3, -0.25) is 24.0 Å². The first kappa shape index (κ1) is 32.5. The highest BCUT2D eigenvalue weighted by molar-refractivity contribution is 6.23. The second kappa shape index (κ2) is 11.3. The molecule has 4 rings (SSSR count). The zero-order valence-electron chi connectivity index (χ0n) is 24.2. The summed E-state index contributed by atoms with van der Waals surface area (Å²) < 4.78 is 35.8. The van der Waals surface area contributed by atoms with E-state index < -0.39 is 106 Å². The molecule has 1 saturated carbocycles. The van der Waals surface area contributed by atoms with E-state index in [2.05, 4.69) is 6.58 Å². The van der Waals surface area contributed by atoms with Crippen LogP contribution in [0.25, 0.3) is 0 Å². The third-order valence-electron chi connectivity index (χ3n) is 9.20.